The Kier molecular flexibility index (Phi) is 4.12. The van der Waals surface area contributed by atoms with Crippen LogP contribution in [0.25, 0.3) is 0 Å². The Morgan fingerprint density at radius 1 is 1.12 bits per heavy atom. The molecule has 4 heteroatoms. The molecule has 1 unspecified atom stereocenters. The van der Waals surface area contributed by atoms with E-state index in [1.165, 1.54) is 11.3 Å². The fraction of sp³-hybridized carbons (Fsp3) is 0.381. The zero-order chi connectivity index (χ0) is 17.3. The summed E-state index contributed by atoms with van der Waals surface area (Å²) in [4.78, 5) is 14.2. The lowest BCUT2D eigenvalue weighted by Gasteiger charge is -2.41. The third kappa shape index (κ3) is 2.86. The van der Waals surface area contributed by atoms with E-state index < -0.39 is 0 Å². The number of rotatable bonds is 2. The molecule has 2 aromatic carbocycles. The van der Waals surface area contributed by atoms with Crippen molar-refractivity contribution in [2.24, 2.45) is 0 Å². The molecule has 2 heterocycles. The molecule has 2 aromatic rings. The van der Waals surface area contributed by atoms with Crippen LogP contribution >= 0.6 is 0 Å². The summed E-state index contributed by atoms with van der Waals surface area (Å²) >= 11 is 0. The highest BCUT2D eigenvalue weighted by atomic mass is 16.6. The number of anilines is 1. The van der Waals surface area contributed by atoms with Gasteiger partial charge in [0, 0.05) is 30.2 Å². The second kappa shape index (κ2) is 6.43. The van der Waals surface area contributed by atoms with Crippen molar-refractivity contribution in [3.8, 4) is 0 Å². The SMILES string of the molecule is CC1Nc2ccccc2C12CCN(C(=O)OCc1ccccc1)CC2. The molecule has 1 fully saturated rings. The summed E-state index contributed by atoms with van der Waals surface area (Å²) in [6.45, 7) is 4.08. The van der Waals surface area contributed by atoms with Gasteiger partial charge in [-0.05, 0) is 37.0 Å². The van der Waals surface area contributed by atoms with Crippen molar-refractivity contribution in [1.29, 1.82) is 0 Å². The second-order valence-corrected chi connectivity index (χ2v) is 7.09. The van der Waals surface area contributed by atoms with Gasteiger partial charge in [-0.3, -0.25) is 0 Å². The molecular formula is C21H24N2O2. The predicted molar refractivity (Wildman–Crippen MR) is 98.6 cm³/mol. The third-order valence-corrected chi connectivity index (χ3v) is 5.78. The van der Waals surface area contributed by atoms with Gasteiger partial charge in [-0.25, -0.2) is 4.79 Å². The number of hydrogen-bond acceptors (Lipinski definition) is 3. The lowest BCUT2D eigenvalue weighted by molar-refractivity contribution is 0.0762. The van der Waals surface area contributed by atoms with Crippen molar-refractivity contribution in [2.45, 2.75) is 37.8 Å². The number of para-hydroxylation sites is 1. The zero-order valence-corrected chi connectivity index (χ0v) is 14.6. The molecule has 0 radical (unpaired) electrons. The summed E-state index contributed by atoms with van der Waals surface area (Å²) in [5, 5.41) is 3.61. The first kappa shape index (κ1) is 16.0. The molecule has 0 bridgehead atoms. The number of ether oxygens (including phenoxy) is 1. The molecule has 1 amide bonds. The van der Waals surface area contributed by atoms with Crippen LogP contribution in [0.4, 0.5) is 10.5 Å². The average Bonchev–Trinajstić information content (AvgIpc) is 2.93. The van der Waals surface area contributed by atoms with Crippen molar-refractivity contribution in [1.82, 2.24) is 4.90 Å². The van der Waals surface area contributed by atoms with Crippen LogP contribution in [-0.4, -0.2) is 30.1 Å². The summed E-state index contributed by atoms with van der Waals surface area (Å²) in [5.41, 5.74) is 3.80. The first-order chi connectivity index (χ1) is 12.2. The second-order valence-electron chi connectivity index (χ2n) is 7.09. The van der Waals surface area contributed by atoms with Crippen LogP contribution in [0.2, 0.25) is 0 Å². The molecule has 1 saturated heterocycles. The number of carbonyl (C=O) groups is 1. The van der Waals surface area contributed by atoms with Crippen molar-refractivity contribution in [2.75, 3.05) is 18.4 Å². The Bertz CT molecular complexity index is 752. The van der Waals surface area contributed by atoms with Crippen LogP contribution in [0.1, 0.15) is 30.9 Å². The van der Waals surface area contributed by atoms with Gasteiger partial charge in [-0.15, -0.1) is 0 Å². The summed E-state index contributed by atoms with van der Waals surface area (Å²) in [5.74, 6) is 0. The van der Waals surface area contributed by atoms with E-state index in [0.29, 0.717) is 12.6 Å². The molecule has 1 spiro atoms. The molecule has 0 aromatic heterocycles. The molecule has 0 aliphatic carbocycles. The van der Waals surface area contributed by atoms with E-state index in [2.05, 4.69) is 36.5 Å². The Balaban J connectivity index is 1.39. The van der Waals surface area contributed by atoms with Gasteiger partial charge in [0.15, 0.2) is 0 Å². The average molecular weight is 336 g/mol. The maximum Gasteiger partial charge on any atom is 0.410 e. The van der Waals surface area contributed by atoms with Gasteiger partial charge in [0.05, 0.1) is 0 Å². The Labute approximate surface area is 148 Å². The van der Waals surface area contributed by atoms with E-state index in [9.17, 15) is 4.79 Å². The summed E-state index contributed by atoms with van der Waals surface area (Å²) in [6, 6.07) is 18.8. The highest BCUT2D eigenvalue weighted by Gasteiger charge is 2.46. The van der Waals surface area contributed by atoms with Crippen molar-refractivity contribution >= 4 is 11.8 Å². The van der Waals surface area contributed by atoms with Crippen molar-refractivity contribution in [3.63, 3.8) is 0 Å². The van der Waals surface area contributed by atoms with E-state index in [0.717, 1.165) is 31.5 Å². The van der Waals surface area contributed by atoms with Crippen LogP contribution in [0.15, 0.2) is 54.6 Å². The number of amides is 1. The quantitative estimate of drug-likeness (QED) is 0.895. The minimum absolute atomic E-state index is 0.132. The molecule has 0 saturated carbocycles. The summed E-state index contributed by atoms with van der Waals surface area (Å²) in [7, 11) is 0. The first-order valence-electron chi connectivity index (χ1n) is 9.01. The highest BCUT2D eigenvalue weighted by Crippen LogP contribution is 2.47. The van der Waals surface area contributed by atoms with Gasteiger partial charge in [0.25, 0.3) is 0 Å². The molecule has 1 N–H and O–H groups in total. The van der Waals surface area contributed by atoms with Crippen molar-refractivity contribution in [3.05, 3.63) is 65.7 Å². The molecular weight excluding hydrogens is 312 g/mol. The fourth-order valence-electron chi connectivity index (χ4n) is 4.25. The number of nitrogens with zero attached hydrogens (tertiary/aromatic N) is 1. The minimum Gasteiger partial charge on any atom is -0.445 e. The fourth-order valence-corrected chi connectivity index (χ4v) is 4.25. The summed E-state index contributed by atoms with van der Waals surface area (Å²) in [6.07, 6.45) is 1.74. The molecule has 2 aliphatic heterocycles. The van der Waals surface area contributed by atoms with Gasteiger partial charge < -0.3 is 15.0 Å². The molecule has 4 rings (SSSR count). The van der Waals surface area contributed by atoms with E-state index in [1.807, 2.05) is 35.2 Å². The van der Waals surface area contributed by atoms with Crippen LogP contribution in [0.3, 0.4) is 0 Å². The molecule has 4 nitrogen and oxygen atoms in total. The minimum atomic E-state index is -0.203. The maximum absolute atomic E-state index is 12.4. The lowest BCUT2D eigenvalue weighted by atomic mass is 9.70. The van der Waals surface area contributed by atoms with Gasteiger partial charge >= 0.3 is 6.09 Å². The number of hydrogen-bond donors (Lipinski definition) is 1. The molecule has 25 heavy (non-hydrogen) atoms. The molecule has 1 atom stereocenters. The lowest BCUT2D eigenvalue weighted by Crippen LogP contribution is -2.49. The monoisotopic (exact) mass is 336 g/mol. The predicted octanol–water partition coefficient (Wildman–Crippen LogP) is 4.17. The first-order valence-corrected chi connectivity index (χ1v) is 9.01. The normalized spacial score (nSPS) is 20.8. The topological polar surface area (TPSA) is 41.6 Å². The number of piperidine rings is 1. The Hall–Kier alpha value is -2.49. The van der Waals surface area contributed by atoms with Gasteiger partial charge in [-0.2, -0.15) is 0 Å². The van der Waals surface area contributed by atoms with E-state index >= 15 is 0 Å². The van der Waals surface area contributed by atoms with Crippen LogP contribution in [-0.2, 0) is 16.8 Å². The number of likely N-dealkylation sites (tertiary alicyclic amines) is 1. The van der Waals surface area contributed by atoms with Crippen LogP contribution in [0.5, 0.6) is 0 Å². The highest BCUT2D eigenvalue weighted by molar-refractivity contribution is 5.68. The van der Waals surface area contributed by atoms with Crippen LogP contribution in [0, 0.1) is 0 Å². The third-order valence-electron chi connectivity index (χ3n) is 5.78. The standard InChI is InChI=1S/C21H24N2O2/c1-16-21(18-9-5-6-10-19(18)22-16)11-13-23(14-12-21)20(24)25-15-17-7-3-2-4-8-17/h2-10,16,22H,11-15H2,1H3. The van der Waals surface area contributed by atoms with E-state index in [4.69, 9.17) is 4.74 Å². The van der Waals surface area contributed by atoms with Gasteiger partial charge in [0.2, 0.25) is 0 Å². The number of fused-ring (bicyclic) bond motifs is 2. The smallest absolute Gasteiger partial charge is 0.410 e. The Morgan fingerprint density at radius 2 is 1.80 bits per heavy atom. The number of benzene rings is 2. The van der Waals surface area contributed by atoms with E-state index in [-0.39, 0.29) is 11.5 Å². The van der Waals surface area contributed by atoms with Gasteiger partial charge in [0.1, 0.15) is 6.61 Å². The number of carbonyl (C=O) groups excluding carboxylic acids is 1. The maximum atomic E-state index is 12.4. The number of nitrogens with one attached hydrogen (secondary N) is 1. The Morgan fingerprint density at radius 3 is 2.56 bits per heavy atom. The van der Waals surface area contributed by atoms with Gasteiger partial charge in [-0.1, -0.05) is 48.5 Å². The summed E-state index contributed by atoms with van der Waals surface area (Å²) < 4.78 is 5.49. The van der Waals surface area contributed by atoms with Crippen LogP contribution < -0.4 is 5.32 Å². The van der Waals surface area contributed by atoms with Crippen molar-refractivity contribution < 1.29 is 9.53 Å². The zero-order valence-electron chi connectivity index (χ0n) is 14.6. The molecule has 2 aliphatic rings. The molecule has 130 valence electrons. The van der Waals surface area contributed by atoms with E-state index in [1.54, 1.807) is 0 Å². The largest absolute Gasteiger partial charge is 0.445 e.